The lowest BCUT2D eigenvalue weighted by atomic mass is 10.0. The molecule has 0 saturated carbocycles. The highest BCUT2D eigenvalue weighted by Gasteiger charge is 2.01. The second kappa shape index (κ2) is 27.6. The summed E-state index contributed by atoms with van der Waals surface area (Å²) in [6.07, 6.45) is 21.9. The molecule has 0 spiro atoms. The summed E-state index contributed by atoms with van der Waals surface area (Å²) >= 11 is 0. The van der Waals surface area contributed by atoms with Crippen LogP contribution in [0.5, 0.6) is 0 Å². The Morgan fingerprint density at radius 2 is 0.963 bits per heavy atom. The molecule has 2 N–H and O–H groups in total. The largest absolute Gasteiger partial charge is 0.466 e. The van der Waals surface area contributed by atoms with Crippen molar-refractivity contribution in [3.8, 4) is 0 Å². The van der Waals surface area contributed by atoms with Gasteiger partial charge in [-0.3, -0.25) is 4.79 Å². The first-order valence-electron chi connectivity index (χ1n) is 11.6. The minimum absolute atomic E-state index is 0.0125. The molecule has 0 atom stereocenters. The molecule has 0 fully saturated rings. The van der Waals surface area contributed by atoms with Crippen LogP contribution in [0.15, 0.2) is 0 Å². The third kappa shape index (κ3) is 30.4. The summed E-state index contributed by atoms with van der Waals surface area (Å²) in [5.41, 5.74) is 0. The van der Waals surface area contributed by atoms with Crippen LogP contribution in [-0.2, 0) is 9.53 Å². The molecule has 0 amide bonds. The fourth-order valence-corrected chi connectivity index (χ4v) is 2.93. The fourth-order valence-electron chi connectivity index (χ4n) is 2.93. The van der Waals surface area contributed by atoms with E-state index >= 15 is 0 Å². The van der Waals surface area contributed by atoms with E-state index in [9.17, 15) is 4.79 Å². The number of aliphatic hydroxyl groups is 2. The molecule has 27 heavy (non-hydrogen) atoms. The molecule has 0 saturated heterocycles. The molecule has 0 heterocycles. The Morgan fingerprint density at radius 3 is 1.30 bits per heavy atom. The Morgan fingerprint density at radius 1 is 0.593 bits per heavy atom. The fraction of sp³-hybridized carbons (Fsp3) is 0.957. The monoisotopic (exact) mass is 388 g/mol. The molecule has 0 aliphatic carbocycles. The zero-order valence-electron chi connectivity index (χ0n) is 18.4. The van der Waals surface area contributed by atoms with Gasteiger partial charge >= 0.3 is 5.97 Å². The highest BCUT2D eigenvalue weighted by Crippen LogP contribution is 2.13. The molecule has 0 aromatic heterocycles. The van der Waals surface area contributed by atoms with Crippen molar-refractivity contribution in [2.45, 2.75) is 123 Å². The third-order valence-electron chi connectivity index (χ3n) is 4.55. The van der Waals surface area contributed by atoms with Crippen molar-refractivity contribution in [3.05, 3.63) is 0 Å². The molecular weight excluding hydrogens is 340 g/mol. The van der Waals surface area contributed by atoms with Crippen molar-refractivity contribution in [1.82, 2.24) is 0 Å². The molecule has 0 rings (SSSR count). The van der Waals surface area contributed by atoms with Crippen LogP contribution >= 0.6 is 0 Å². The smallest absolute Gasteiger partial charge is 0.305 e. The summed E-state index contributed by atoms with van der Waals surface area (Å²) in [4.78, 5) is 11.3. The average molecular weight is 389 g/mol. The van der Waals surface area contributed by atoms with E-state index in [0.29, 0.717) is 13.0 Å². The third-order valence-corrected chi connectivity index (χ3v) is 4.55. The zero-order chi connectivity index (χ0) is 20.4. The van der Waals surface area contributed by atoms with E-state index in [1.165, 1.54) is 89.9 Å². The molecule has 0 bridgehead atoms. The van der Waals surface area contributed by atoms with Crippen LogP contribution in [0.3, 0.4) is 0 Å². The Balaban J connectivity index is 0. The van der Waals surface area contributed by atoms with Crippen LogP contribution in [0.4, 0.5) is 0 Å². The summed E-state index contributed by atoms with van der Waals surface area (Å²) < 4.78 is 5.07. The van der Waals surface area contributed by atoms with Gasteiger partial charge in [0.25, 0.3) is 0 Å². The number of hydrogen-bond donors (Lipinski definition) is 2. The quantitative estimate of drug-likeness (QED) is 0.205. The summed E-state index contributed by atoms with van der Waals surface area (Å²) in [6, 6.07) is 0. The first-order valence-corrected chi connectivity index (χ1v) is 11.6. The highest BCUT2D eigenvalue weighted by molar-refractivity contribution is 5.69. The number of carbonyl (C=O) groups excluding carboxylic acids is 1. The topological polar surface area (TPSA) is 66.8 Å². The van der Waals surface area contributed by atoms with Crippen LogP contribution in [0.25, 0.3) is 0 Å². The zero-order valence-corrected chi connectivity index (χ0v) is 18.4. The maximum absolute atomic E-state index is 11.3. The van der Waals surface area contributed by atoms with Crippen molar-refractivity contribution in [1.29, 1.82) is 0 Å². The van der Waals surface area contributed by atoms with E-state index in [2.05, 4.69) is 6.92 Å². The highest BCUT2D eigenvalue weighted by atomic mass is 16.5. The molecule has 4 nitrogen and oxygen atoms in total. The molecular formula is C23H48O4. The van der Waals surface area contributed by atoms with E-state index in [1.807, 2.05) is 6.92 Å². The second-order valence-corrected chi connectivity index (χ2v) is 7.37. The number of unbranched alkanes of at least 4 members (excludes halogenated alkanes) is 14. The van der Waals surface area contributed by atoms with Gasteiger partial charge in [0.2, 0.25) is 0 Å². The molecule has 0 aromatic carbocycles. The van der Waals surface area contributed by atoms with Crippen molar-refractivity contribution < 1.29 is 19.7 Å². The number of aliphatic hydroxyl groups excluding tert-OH is 2. The van der Waals surface area contributed by atoms with Crippen molar-refractivity contribution in [2.24, 2.45) is 0 Å². The molecule has 0 aliphatic rings. The Kier molecular flexibility index (Phi) is 29.2. The summed E-state index contributed by atoms with van der Waals surface area (Å²) in [7, 11) is 0. The van der Waals surface area contributed by atoms with E-state index < -0.39 is 0 Å². The lowest BCUT2D eigenvalue weighted by Gasteiger charge is -2.04. The SMILES string of the molecule is CCCCCCCCCCCCCCCCCC(=O)OCCC.OCCO. The molecule has 164 valence electrons. The molecule has 0 radical (unpaired) electrons. The minimum Gasteiger partial charge on any atom is -0.466 e. The number of esters is 1. The molecule has 4 heteroatoms. The van der Waals surface area contributed by atoms with Crippen LogP contribution in [0.2, 0.25) is 0 Å². The van der Waals surface area contributed by atoms with Gasteiger partial charge in [0.05, 0.1) is 19.8 Å². The predicted octanol–water partition coefficient (Wildman–Crippen LogP) is 6.17. The van der Waals surface area contributed by atoms with E-state index in [1.54, 1.807) is 0 Å². The molecule has 0 aromatic rings. The van der Waals surface area contributed by atoms with Crippen LogP contribution < -0.4 is 0 Å². The van der Waals surface area contributed by atoms with Gasteiger partial charge in [0.15, 0.2) is 0 Å². The number of carbonyl (C=O) groups is 1. The summed E-state index contributed by atoms with van der Waals surface area (Å²) in [5.74, 6) is -0.0125. The second-order valence-electron chi connectivity index (χ2n) is 7.37. The average Bonchev–Trinajstić information content (AvgIpc) is 2.69. The van der Waals surface area contributed by atoms with Gasteiger partial charge in [-0.2, -0.15) is 0 Å². The normalized spacial score (nSPS) is 10.4. The van der Waals surface area contributed by atoms with Gasteiger partial charge in [-0.15, -0.1) is 0 Å². The van der Waals surface area contributed by atoms with Gasteiger partial charge in [-0.25, -0.2) is 0 Å². The van der Waals surface area contributed by atoms with Crippen LogP contribution in [0.1, 0.15) is 123 Å². The number of hydrogen-bond acceptors (Lipinski definition) is 4. The van der Waals surface area contributed by atoms with Gasteiger partial charge in [0.1, 0.15) is 0 Å². The van der Waals surface area contributed by atoms with Crippen LogP contribution in [-0.4, -0.2) is 36.0 Å². The number of ether oxygens (including phenoxy) is 1. The maximum Gasteiger partial charge on any atom is 0.305 e. The minimum atomic E-state index is -0.125. The van der Waals surface area contributed by atoms with E-state index in [0.717, 1.165) is 12.8 Å². The maximum atomic E-state index is 11.3. The van der Waals surface area contributed by atoms with Crippen molar-refractivity contribution >= 4 is 5.97 Å². The first-order chi connectivity index (χ1) is 13.2. The van der Waals surface area contributed by atoms with Gasteiger partial charge in [-0.1, -0.05) is 104 Å². The lowest BCUT2D eigenvalue weighted by molar-refractivity contribution is -0.143. The van der Waals surface area contributed by atoms with Gasteiger partial charge in [-0.05, 0) is 12.8 Å². The molecule has 0 unspecified atom stereocenters. The standard InChI is InChI=1S/C21H42O2.C2H6O2/c1-3-5-6-7-8-9-10-11-12-13-14-15-16-17-18-19-21(22)23-20-4-2;3-1-2-4/h3-20H2,1-2H3;3-4H,1-2H2. The summed E-state index contributed by atoms with van der Waals surface area (Å²) in [6.45, 7) is 4.64. The first kappa shape index (κ1) is 28.6. The van der Waals surface area contributed by atoms with Crippen molar-refractivity contribution in [2.75, 3.05) is 19.8 Å². The van der Waals surface area contributed by atoms with E-state index in [4.69, 9.17) is 14.9 Å². The van der Waals surface area contributed by atoms with E-state index in [-0.39, 0.29) is 19.2 Å². The van der Waals surface area contributed by atoms with Gasteiger partial charge < -0.3 is 14.9 Å². The Hall–Kier alpha value is -0.610. The van der Waals surface area contributed by atoms with Crippen molar-refractivity contribution in [3.63, 3.8) is 0 Å². The predicted molar refractivity (Wildman–Crippen MR) is 115 cm³/mol. The van der Waals surface area contributed by atoms with Crippen LogP contribution in [0, 0.1) is 0 Å². The lowest BCUT2D eigenvalue weighted by Crippen LogP contribution is -2.04. The Bertz CT molecular complexity index is 267. The number of rotatable bonds is 19. The molecule has 0 aliphatic heterocycles. The summed E-state index contributed by atoms with van der Waals surface area (Å²) in [5, 5.41) is 15.2. The van der Waals surface area contributed by atoms with Gasteiger partial charge in [0, 0.05) is 6.42 Å². The Labute approximate surface area is 169 Å².